The number of hydrogen-bond acceptors (Lipinski definition) is 2. The van der Waals surface area contributed by atoms with Crippen LogP contribution in [0.3, 0.4) is 0 Å². The Morgan fingerprint density at radius 1 is 1.47 bits per heavy atom. The van der Waals surface area contributed by atoms with Crippen LogP contribution in [0.15, 0.2) is 30.7 Å². The molecule has 1 unspecified atom stereocenters. The van der Waals surface area contributed by atoms with Crippen molar-refractivity contribution in [2.24, 2.45) is 7.05 Å². The summed E-state index contributed by atoms with van der Waals surface area (Å²) in [6, 6.07) is 4.94. The largest absolute Gasteiger partial charge is 0.340 e. The molecule has 1 aromatic heterocycles. The number of hydrogen-bond donors (Lipinski definition) is 1. The summed E-state index contributed by atoms with van der Waals surface area (Å²) in [5.74, 6) is -0.386. The third-order valence-electron chi connectivity index (χ3n) is 2.96. The Hall–Kier alpha value is -1.39. The van der Waals surface area contributed by atoms with Crippen molar-refractivity contribution in [3.05, 3.63) is 52.8 Å². The maximum absolute atomic E-state index is 13.1. The number of nitrogens with one attached hydrogen (secondary N) is 1. The minimum atomic E-state index is -0.386. The lowest BCUT2D eigenvalue weighted by molar-refractivity contribution is 0.537. The normalized spacial score (nSPS) is 12.6. The second-order valence-electron chi connectivity index (χ2n) is 4.53. The van der Waals surface area contributed by atoms with Crippen LogP contribution in [0, 0.1) is 5.82 Å². The molecule has 19 heavy (non-hydrogen) atoms. The van der Waals surface area contributed by atoms with Crippen LogP contribution in [0.1, 0.15) is 24.2 Å². The highest BCUT2D eigenvalue weighted by molar-refractivity contribution is 6.30. The first-order valence-electron chi connectivity index (χ1n) is 6.25. The van der Waals surface area contributed by atoms with Gasteiger partial charge < -0.3 is 9.88 Å². The van der Waals surface area contributed by atoms with E-state index >= 15 is 0 Å². The monoisotopic (exact) mass is 281 g/mol. The van der Waals surface area contributed by atoms with Crippen molar-refractivity contribution in [1.29, 1.82) is 0 Å². The van der Waals surface area contributed by atoms with Gasteiger partial charge in [-0.3, -0.25) is 0 Å². The second-order valence-corrected chi connectivity index (χ2v) is 4.93. The molecule has 0 fully saturated rings. The van der Waals surface area contributed by atoms with E-state index in [-0.39, 0.29) is 16.9 Å². The molecular weight excluding hydrogens is 265 g/mol. The van der Waals surface area contributed by atoms with Gasteiger partial charge in [-0.25, -0.2) is 9.37 Å². The molecule has 0 radical (unpaired) electrons. The predicted octanol–water partition coefficient (Wildman–Crippen LogP) is 3.11. The highest BCUT2D eigenvalue weighted by atomic mass is 35.5. The number of aromatic nitrogens is 2. The first kappa shape index (κ1) is 14.0. The molecule has 1 N–H and O–H groups in total. The van der Waals surface area contributed by atoms with Crippen molar-refractivity contribution < 1.29 is 4.39 Å². The SMILES string of the molecule is CCNC(Cc1ccc(F)c(Cl)c1)c1cn(C)cn1. The summed E-state index contributed by atoms with van der Waals surface area (Å²) in [6.07, 6.45) is 4.49. The second kappa shape index (κ2) is 6.17. The highest BCUT2D eigenvalue weighted by Gasteiger charge is 2.14. The molecule has 1 atom stereocenters. The fraction of sp³-hybridized carbons (Fsp3) is 0.357. The first-order chi connectivity index (χ1) is 9.10. The maximum atomic E-state index is 13.1. The summed E-state index contributed by atoms with van der Waals surface area (Å²) < 4.78 is 15.1. The molecule has 102 valence electrons. The van der Waals surface area contributed by atoms with E-state index in [0.717, 1.165) is 24.2 Å². The Morgan fingerprint density at radius 2 is 2.26 bits per heavy atom. The number of nitrogens with zero attached hydrogens (tertiary/aromatic N) is 2. The summed E-state index contributed by atoms with van der Waals surface area (Å²) in [5.41, 5.74) is 1.97. The molecule has 3 nitrogen and oxygen atoms in total. The van der Waals surface area contributed by atoms with E-state index in [4.69, 9.17) is 11.6 Å². The summed E-state index contributed by atoms with van der Waals surface area (Å²) in [5, 5.41) is 3.54. The van der Waals surface area contributed by atoms with Crippen molar-refractivity contribution in [1.82, 2.24) is 14.9 Å². The number of benzene rings is 1. The fourth-order valence-electron chi connectivity index (χ4n) is 2.04. The van der Waals surface area contributed by atoms with E-state index in [0.29, 0.717) is 0 Å². The standard InChI is InChI=1S/C14H17ClFN3/c1-3-17-13(14-8-19(2)9-18-14)7-10-4-5-12(16)11(15)6-10/h4-6,8-9,13,17H,3,7H2,1-2H3. The average molecular weight is 282 g/mol. The molecule has 5 heteroatoms. The van der Waals surface area contributed by atoms with Crippen LogP contribution in [0.4, 0.5) is 4.39 Å². The van der Waals surface area contributed by atoms with Crippen LogP contribution in [0.2, 0.25) is 5.02 Å². The first-order valence-corrected chi connectivity index (χ1v) is 6.63. The molecule has 1 aromatic carbocycles. The fourth-order valence-corrected chi connectivity index (χ4v) is 2.25. The molecule has 0 amide bonds. The van der Waals surface area contributed by atoms with E-state index in [1.54, 1.807) is 18.5 Å². The van der Waals surface area contributed by atoms with E-state index in [1.165, 1.54) is 6.07 Å². The number of halogens is 2. The van der Waals surface area contributed by atoms with Gasteiger partial charge in [-0.2, -0.15) is 0 Å². The maximum Gasteiger partial charge on any atom is 0.141 e. The third-order valence-corrected chi connectivity index (χ3v) is 3.25. The number of imidazole rings is 1. The molecule has 0 spiro atoms. The van der Waals surface area contributed by atoms with Gasteiger partial charge in [-0.1, -0.05) is 24.6 Å². The number of aryl methyl sites for hydroxylation is 1. The van der Waals surface area contributed by atoms with Crippen molar-refractivity contribution in [2.45, 2.75) is 19.4 Å². The van der Waals surface area contributed by atoms with E-state index in [1.807, 2.05) is 24.7 Å². The smallest absolute Gasteiger partial charge is 0.141 e. The molecule has 0 aliphatic carbocycles. The summed E-state index contributed by atoms with van der Waals surface area (Å²) >= 11 is 5.81. The van der Waals surface area contributed by atoms with Crippen LogP contribution >= 0.6 is 11.6 Å². The Balaban J connectivity index is 2.18. The third kappa shape index (κ3) is 3.55. The summed E-state index contributed by atoms with van der Waals surface area (Å²) in [4.78, 5) is 4.36. The lowest BCUT2D eigenvalue weighted by Gasteiger charge is -2.16. The lowest BCUT2D eigenvalue weighted by atomic mass is 10.0. The average Bonchev–Trinajstić information content (AvgIpc) is 2.80. The van der Waals surface area contributed by atoms with Gasteiger partial charge in [0.25, 0.3) is 0 Å². The zero-order chi connectivity index (χ0) is 13.8. The molecular formula is C14H17ClFN3. The highest BCUT2D eigenvalue weighted by Crippen LogP contribution is 2.21. The molecule has 0 saturated carbocycles. The molecule has 1 heterocycles. The Morgan fingerprint density at radius 3 is 2.84 bits per heavy atom. The summed E-state index contributed by atoms with van der Waals surface area (Å²) in [7, 11) is 1.94. The molecule has 0 aliphatic rings. The van der Waals surface area contributed by atoms with Gasteiger partial charge in [0.2, 0.25) is 0 Å². The minimum absolute atomic E-state index is 0.104. The van der Waals surface area contributed by atoms with Gasteiger partial charge in [-0.05, 0) is 30.7 Å². The van der Waals surface area contributed by atoms with Crippen LogP contribution in [0.25, 0.3) is 0 Å². The van der Waals surface area contributed by atoms with Crippen LogP contribution in [-0.4, -0.2) is 16.1 Å². The van der Waals surface area contributed by atoms with Crippen molar-refractivity contribution in [3.8, 4) is 0 Å². The molecule has 0 saturated heterocycles. The van der Waals surface area contributed by atoms with Crippen molar-refractivity contribution in [2.75, 3.05) is 6.54 Å². The van der Waals surface area contributed by atoms with Gasteiger partial charge >= 0.3 is 0 Å². The molecule has 0 bridgehead atoms. The van der Waals surface area contributed by atoms with Gasteiger partial charge in [0.05, 0.1) is 23.1 Å². The van der Waals surface area contributed by atoms with Crippen LogP contribution in [0.5, 0.6) is 0 Å². The predicted molar refractivity (Wildman–Crippen MR) is 74.7 cm³/mol. The van der Waals surface area contributed by atoms with Crippen LogP contribution in [-0.2, 0) is 13.5 Å². The van der Waals surface area contributed by atoms with Gasteiger partial charge in [0.15, 0.2) is 0 Å². The van der Waals surface area contributed by atoms with Gasteiger partial charge in [-0.15, -0.1) is 0 Å². The summed E-state index contributed by atoms with van der Waals surface area (Å²) in [6.45, 7) is 2.89. The quantitative estimate of drug-likeness (QED) is 0.913. The van der Waals surface area contributed by atoms with E-state index < -0.39 is 0 Å². The van der Waals surface area contributed by atoms with Gasteiger partial charge in [0, 0.05) is 13.2 Å². The Kier molecular flexibility index (Phi) is 4.56. The lowest BCUT2D eigenvalue weighted by Crippen LogP contribution is -2.23. The van der Waals surface area contributed by atoms with Crippen molar-refractivity contribution in [3.63, 3.8) is 0 Å². The zero-order valence-electron chi connectivity index (χ0n) is 11.0. The Labute approximate surface area is 117 Å². The minimum Gasteiger partial charge on any atom is -0.340 e. The zero-order valence-corrected chi connectivity index (χ0v) is 11.8. The Bertz CT molecular complexity index is 553. The van der Waals surface area contributed by atoms with Gasteiger partial charge in [0.1, 0.15) is 5.82 Å². The van der Waals surface area contributed by atoms with Crippen molar-refractivity contribution >= 4 is 11.6 Å². The van der Waals surface area contributed by atoms with E-state index in [2.05, 4.69) is 10.3 Å². The molecule has 2 rings (SSSR count). The molecule has 2 aromatic rings. The number of likely N-dealkylation sites (N-methyl/N-ethyl adjacent to an activating group) is 1. The van der Waals surface area contributed by atoms with E-state index in [9.17, 15) is 4.39 Å². The number of rotatable bonds is 5. The molecule has 0 aliphatic heterocycles. The van der Waals surface area contributed by atoms with Crippen LogP contribution < -0.4 is 5.32 Å². The topological polar surface area (TPSA) is 29.9 Å².